The third-order valence-electron chi connectivity index (χ3n) is 4.37. The minimum Gasteiger partial charge on any atom is -0.497 e. The second kappa shape index (κ2) is 9.54. The van der Waals surface area contributed by atoms with E-state index < -0.39 is 0 Å². The van der Waals surface area contributed by atoms with Crippen LogP contribution < -0.4 is 20.3 Å². The number of aromatic nitrogens is 2. The first-order chi connectivity index (χ1) is 14.0. The predicted octanol–water partition coefficient (Wildman–Crippen LogP) is 3.27. The van der Waals surface area contributed by atoms with Crippen LogP contribution in [0.1, 0.15) is 16.1 Å². The molecule has 1 aromatic heterocycles. The van der Waals surface area contributed by atoms with Gasteiger partial charge in [-0.2, -0.15) is 0 Å². The lowest BCUT2D eigenvalue weighted by Crippen LogP contribution is -2.26. The van der Waals surface area contributed by atoms with Crippen LogP contribution in [0.5, 0.6) is 5.75 Å². The first kappa shape index (κ1) is 20.1. The fourth-order valence-corrected chi connectivity index (χ4v) is 2.74. The SMILES string of the molecule is COc1cccc(CCNC(=O)c2cnc(Nc3ccc(N(C)C)cc3)cn2)c1. The van der Waals surface area contributed by atoms with Crippen molar-refractivity contribution < 1.29 is 9.53 Å². The van der Waals surface area contributed by atoms with Crippen LogP contribution in [0.4, 0.5) is 17.2 Å². The molecular weight excluding hydrogens is 366 g/mol. The fraction of sp³-hybridized carbons (Fsp3) is 0.227. The third-order valence-corrected chi connectivity index (χ3v) is 4.37. The molecule has 0 spiro atoms. The average Bonchev–Trinajstić information content (AvgIpc) is 2.74. The summed E-state index contributed by atoms with van der Waals surface area (Å²) >= 11 is 0. The molecule has 2 aromatic carbocycles. The maximum atomic E-state index is 12.3. The van der Waals surface area contributed by atoms with E-state index >= 15 is 0 Å². The van der Waals surface area contributed by atoms with Crippen LogP contribution in [0.3, 0.4) is 0 Å². The van der Waals surface area contributed by atoms with Crippen molar-refractivity contribution in [3.63, 3.8) is 0 Å². The lowest BCUT2D eigenvalue weighted by molar-refractivity contribution is 0.0949. The van der Waals surface area contributed by atoms with E-state index in [2.05, 4.69) is 20.6 Å². The minimum atomic E-state index is -0.248. The Kier molecular flexibility index (Phi) is 6.63. The number of nitrogens with zero attached hydrogens (tertiary/aromatic N) is 3. The molecule has 0 aliphatic rings. The highest BCUT2D eigenvalue weighted by Crippen LogP contribution is 2.18. The normalized spacial score (nSPS) is 10.3. The van der Waals surface area contributed by atoms with Crippen LogP contribution in [0, 0.1) is 0 Å². The van der Waals surface area contributed by atoms with E-state index in [-0.39, 0.29) is 11.6 Å². The zero-order chi connectivity index (χ0) is 20.6. The van der Waals surface area contributed by atoms with Crippen molar-refractivity contribution in [2.24, 2.45) is 0 Å². The van der Waals surface area contributed by atoms with E-state index in [9.17, 15) is 4.79 Å². The molecule has 0 atom stereocenters. The first-order valence-corrected chi connectivity index (χ1v) is 9.33. The average molecular weight is 391 g/mol. The number of anilines is 3. The largest absolute Gasteiger partial charge is 0.497 e. The molecule has 0 aliphatic heterocycles. The molecule has 0 radical (unpaired) electrons. The van der Waals surface area contributed by atoms with Gasteiger partial charge in [0, 0.05) is 32.0 Å². The second-order valence-corrected chi connectivity index (χ2v) is 6.71. The number of benzene rings is 2. The number of hydrogen-bond acceptors (Lipinski definition) is 6. The summed E-state index contributed by atoms with van der Waals surface area (Å²) in [5.41, 5.74) is 3.39. The molecule has 0 aliphatic carbocycles. The molecule has 7 nitrogen and oxygen atoms in total. The van der Waals surface area contributed by atoms with Crippen molar-refractivity contribution in [3.05, 3.63) is 72.2 Å². The Morgan fingerprint density at radius 2 is 1.86 bits per heavy atom. The van der Waals surface area contributed by atoms with Crippen molar-refractivity contribution in [2.75, 3.05) is 38.0 Å². The van der Waals surface area contributed by atoms with Crippen molar-refractivity contribution in [3.8, 4) is 5.75 Å². The molecule has 7 heteroatoms. The van der Waals surface area contributed by atoms with Gasteiger partial charge >= 0.3 is 0 Å². The van der Waals surface area contributed by atoms with Crippen molar-refractivity contribution in [2.45, 2.75) is 6.42 Å². The summed E-state index contributed by atoms with van der Waals surface area (Å²) in [5, 5.41) is 6.04. The number of carbonyl (C=O) groups is 1. The van der Waals surface area contributed by atoms with Gasteiger partial charge in [0.15, 0.2) is 0 Å². The van der Waals surface area contributed by atoms with Gasteiger partial charge in [-0.3, -0.25) is 4.79 Å². The Labute approximate surface area is 170 Å². The summed E-state index contributed by atoms with van der Waals surface area (Å²) < 4.78 is 5.21. The molecule has 1 heterocycles. The number of nitrogens with one attached hydrogen (secondary N) is 2. The molecule has 3 aromatic rings. The van der Waals surface area contributed by atoms with Gasteiger partial charge in [0.2, 0.25) is 0 Å². The highest BCUT2D eigenvalue weighted by molar-refractivity contribution is 5.92. The molecule has 2 N–H and O–H groups in total. The van der Waals surface area contributed by atoms with Crippen LogP contribution in [-0.2, 0) is 6.42 Å². The number of methoxy groups -OCH3 is 1. The topological polar surface area (TPSA) is 79.4 Å². The molecule has 0 unspecified atom stereocenters. The van der Waals surface area contributed by atoms with E-state index in [0.717, 1.165) is 22.7 Å². The summed E-state index contributed by atoms with van der Waals surface area (Å²) in [7, 11) is 5.62. The number of carbonyl (C=O) groups excluding carboxylic acids is 1. The van der Waals surface area contributed by atoms with Crippen LogP contribution in [0.25, 0.3) is 0 Å². The van der Waals surface area contributed by atoms with Gasteiger partial charge in [-0.25, -0.2) is 9.97 Å². The van der Waals surface area contributed by atoms with Crippen LogP contribution >= 0.6 is 0 Å². The molecule has 0 bridgehead atoms. The van der Waals surface area contributed by atoms with E-state index in [4.69, 9.17) is 4.74 Å². The lowest BCUT2D eigenvalue weighted by Gasteiger charge is -2.13. The Hall–Kier alpha value is -3.61. The number of hydrogen-bond donors (Lipinski definition) is 2. The predicted molar refractivity (Wildman–Crippen MR) is 115 cm³/mol. The van der Waals surface area contributed by atoms with E-state index in [1.54, 1.807) is 13.3 Å². The van der Waals surface area contributed by atoms with Gasteiger partial charge in [0.05, 0.1) is 19.5 Å². The minimum absolute atomic E-state index is 0.248. The van der Waals surface area contributed by atoms with E-state index in [1.807, 2.05) is 67.5 Å². The van der Waals surface area contributed by atoms with Crippen molar-refractivity contribution in [1.82, 2.24) is 15.3 Å². The highest BCUT2D eigenvalue weighted by Gasteiger charge is 2.08. The van der Waals surface area contributed by atoms with Crippen LogP contribution in [-0.4, -0.2) is 43.6 Å². The first-order valence-electron chi connectivity index (χ1n) is 9.33. The monoisotopic (exact) mass is 391 g/mol. The molecule has 29 heavy (non-hydrogen) atoms. The number of ether oxygens (including phenoxy) is 1. The molecular formula is C22H25N5O2. The summed E-state index contributed by atoms with van der Waals surface area (Å²) in [6.07, 6.45) is 3.73. The van der Waals surface area contributed by atoms with E-state index in [1.165, 1.54) is 6.20 Å². The van der Waals surface area contributed by atoms with Crippen molar-refractivity contribution >= 4 is 23.1 Å². The maximum Gasteiger partial charge on any atom is 0.271 e. The highest BCUT2D eigenvalue weighted by atomic mass is 16.5. The molecule has 0 saturated carbocycles. The summed E-state index contributed by atoms with van der Waals surface area (Å²) in [6, 6.07) is 15.7. The zero-order valence-corrected chi connectivity index (χ0v) is 16.8. The third kappa shape index (κ3) is 5.68. The quantitative estimate of drug-likeness (QED) is 0.614. The zero-order valence-electron chi connectivity index (χ0n) is 16.8. The Morgan fingerprint density at radius 1 is 1.07 bits per heavy atom. The van der Waals surface area contributed by atoms with Gasteiger partial charge in [0.25, 0.3) is 5.91 Å². The molecule has 3 rings (SSSR count). The Morgan fingerprint density at radius 3 is 2.52 bits per heavy atom. The molecule has 0 fully saturated rings. The number of rotatable bonds is 8. The maximum absolute atomic E-state index is 12.3. The second-order valence-electron chi connectivity index (χ2n) is 6.71. The fourth-order valence-electron chi connectivity index (χ4n) is 2.74. The smallest absolute Gasteiger partial charge is 0.271 e. The summed E-state index contributed by atoms with van der Waals surface area (Å²) in [6.45, 7) is 0.506. The van der Waals surface area contributed by atoms with Crippen molar-refractivity contribution in [1.29, 1.82) is 0 Å². The molecule has 150 valence electrons. The van der Waals surface area contributed by atoms with E-state index in [0.29, 0.717) is 18.8 Å². The molecule has 0 saturated heterocycles. The Bertz CT molecular complexity index is 940. The number of amides is 1. The van der Waals surface area contributed by atoms with Crippen LogP contribution in [0.15, 0.2) is 60.9 Å². The van der Waals surface area contributed by atoms with Gasteiger partial charge in [0.1, 0.15) is 17.3 Å². The standard InChI is InChI=1S/C22H25N5O2/c1-27(2)18-9-7-17(8-10-18)26-21-15-24-20(14-25-21)22(28)23-12-11-16-5-4-6-19(13-16)29-3/h4-10,13-15H,11-12H2,1-3H3,(H,23,28)(H,25,26). The van der Waals surface area contributed by atoms with Gasteiger partial charge in [-0.1, -0.05) is 12.1 Å². The Balaban J connectivity index is 1.51. The summed E-state index contributed by atoms with van der Waals surface area (Å²) in [4.78, 5) is 22.8. The lowest BCUT2D eigenvalue weighted by atomic mass is 10.1. The van der Waals surface area contributed by atoms with Gasteiger partial charge in [-0.05, 0) is 48.4 Å². The summed E-state index contributed by atoms with van der Waals surface area (Å²) in [5.74, 6) is 1.14. The van der Waals surface area contributed by atoms with Gasteiger partial charge < -0.3 is 20.3 Å². The molecule has 1 amide bonds. The van der Waals surface area contributed by atoms with Gasteiger partial charge in [-0.15, -0.1) is 0 Å². The van der Waals surface area contributed by atoms with Crippen LogP contribution in [0.2, 0.25) is 0 Å².